The molecule has 1 aromatic carbocycles. The number of allylic oxidation sites excluding steroid dienone is 2. The molecule has 1 aromatic rings. The number of nitrogens with zero attached hydrogens (tertiary/aromatic N) is 1. The van der Waals surface area contributed by atoms with Gasteiger partial charge in [-0.05, 0) is 48.3 Å². The largest absolute Gasteiger partial charge is 0.325 e. The molecular weight excluding hydrogens is 387 g/mol. The van der Waals surface area contributed by atoms with Crippen molar-refractivity contribution in [3.05, 3.63) is 40.4 Å². The summed E-state index contributed by atoms with van der Waals surface area (Å²) in [5, 5.41) is 3.54. The van der Waals surface area contributed by atoms with Crippen LogP contribution in [0.2, 0.25) is 10.0 Å². The maximum Gasteiger partial charge on any atom is 0.233 e. The van der Waals surface area contributed by atoms with E-state index in [-0.39, 0.29) is 54.4 Å². The summed E-state index contributed by atoms with van der Waals surface area (Å²) >= 11 is 12.0. The Morgan fingerprint density at radius 1 is 1.07 bits per heavy atom. The highest BCUT2D eigenvalue weighted by Gasteiger charge is 2.66. The lowest BCUT2D eigenvalue weighted by Gasteiger charge is -2.37. The summed E-state index contributed by atoms with van der Waals surface area (Å²) in [6.07, 6.45) is 5.46. The van der Waals surface area contributed by atoms with Crippen LogP contribution in [0.25, 0.3) is 0 Å². The fraction of sp³-hybridized carbons (Fsp3) is 0.450. The topological polar surface area (TPSA) is 66.5 Å². The van der Waals surface area contributed by atoms with Gasteiger partial charge in [0.15, 0.2) is 0 Å². The molecule has 6 rings (SSSR count). The number of hydrogen-bond donors (Lipinski definition) is 1. The van der Waals surface area contributed by atoms with Crippen LogP contribution in [0.4, 0.5) is 5.69 Å². The second kappa shape index (κ2) is 6.08. The zero-order valence-corrected chi connectivity index (χ0v) is 15.9. The molecule has 5 aliphatic rings. The minimum atomic E-state index is -0.307. The molecule has 1 heterocycles. The van der Waals surface area contributed by atoms with E-state index in [1.54, 1.807) is 18.2 Å². The molecular formula is C20H18Cl2N2O3. The van der Waals surface area contributed by atoms with Crippen molar-refractivity contribution in [2.24, 2.45) is 35.5 Å². The van der Waals surface area contributed by atoms with Crippen molar-refractivity contribution in [3.63, 3.8) is 0 Å². The Kier molecular flexibility index (Phi) is 3.89. The molecule has 140 valence electrons. The van der Waals surface area contributed by atoms with E-state index in [0.717, 1.165) is 6.42 Å². The van der Waals surface area contributed by atoms with E-state index < -0.39 is 0 Å². The van der Waals surface area contributed by atoms with Gasteiger partial charge in [0.25, 0.3) is 0 Å². The van der Waals surface area contributed by atoms with Crippen LogP contribution in [0.5, 0.6) is 0 Å². The number of anilines is 1. The third-order valence-corrected chi connectivity index (χ3v) is 7.08. The normalized spacial score (nSPS) is 35.3. The van der Waals surface area contributed by atoms with Gasteiger partial charge in [-0.3, -0.25) is 19.3 Å². The third-order valence-electron chi connectivity index (χ3n) is 6.52. The van der Waals surface area contributed by atoms with Gasteiger partial charge >= 0.3 is 0 Å². The van der Waals surface area contributed by atoms with Gasteiger partial charge in [0.2, 0.25) is 17.7 Å². The maximum absolute atomic E-state index is 12.9. The van der Waals surface area contributed by atoms with E-state index in [1.165, 1.54) is 4.90 Å². The highest BCUT2D eigenvalue weighted by Crippen LogP contribution is 2.65. The van der Waals surface area contributed by atoms with Crippen LogP contribution in [0, 0.1) is 35.5 Å². The van der Waals surface area contributed by atoms with Crippen LogP contribution < -0.4 is 5.32 Å². The molecule has 3 amide bonds. The van der Waals surface area contributed by atoms with Gasteiger partial charge in [0, 0.05) is 18.0 Å². The average molecular weight is 405 g/mol. The molecule has 2 saturated carbocycles. The fourth-order valence-electron chi connectivity index (χ4n) is 5.26. The summed E-state index contributed by atoms with van der Waals surface area (Å²) in [6.45, 7) is 0.101. The zero-order valence-electron chi connectivity index (χ0n) is 14.4. The Morgan fingerprint density at radius 2 is 1.70 bits per heavy atom. The Balaban J connectivity index is 1.26. The maximum atomic E-state index is 12.9. The monoisotopic (exact) mass is 404 g/mol. The number of rotatable bonds is 4. The number of carbonyl (C=O) groups excluding carboxylic acids is 3. The first-order valence-electron chi connectivity index (χ1n) is 9.24. The number of halogens is 2. The van der Waals surface area contributed by atoms with Crippen LogP contribution in [0.15, 0.2) is 30.4 Å². The van der Waals surface area contributed by atoms with Gasteiger partial charge in [-0.1, -0.05) is 35.4 Å². The first-order chi connectivity index (χ1) is 13.0. The molecule has 0 unspecified atom stereocenters. The number of likely N-dealkylation sites (tertiary alicyclic amines) is 1. The summed E-state index contributed by atoms with van der Waals surface area (Å²) in [7, 11) is 0. The minimum Gasteiger partial charge on any atom is -0.325 e. The van der Waals surface area contributed by atoms with Crippen LogP contribution in [0.1, 0.15) is 12.8 Å². The molecule has 27 heavy (non-hydrogen) atoms. The second-order valence-electron chi connectivity index (χ2n) is 7.91. The molecule has 1 saturated heterocycles. The van der Waals surface area contributed by atoms with Crippen LogP contribution in [0.3, 0.4) is 0 Å². The summed E-state index contributed by atoms with van der Waals surface area (Å²) in [6, 6.07) is 4.81. The van der Waals surface area contributed by atoms with Crippen molar-refractivity contribution in [2.75, 3.05) is 11.9 Å². The van der Waals surface area contributed by atoms with E-state index >= 15 is 0 Å². The molecule has 1 N–H and O–H groups in total. The lowest BCUT2D eigenvalue weighted by Crippen LogP contribution is -2.40. The Bertz CT molecular complexity index is 863. The summed E-state index contributed by atoms with van der Waals surface area (Å²) in [5.41, 5.74) is 0.421. The predicted octanol–water partition coefficient (Wildman–Crippen LogP) is 3.38. The van der Waals surface area contributed by atoms with E-state index in [1.807, 2.05) is 0 Å². The number of hydrogen-bond acceptors (Lipinski definition) is 3. The van der Waals surface area contributed by atoms with Gasteiger partial charge in [-0.15, -0.1) is 0 Å². The van der Waals surface area contributed by atoms with Crippen molar-refractivity contribution in [2.45, 2.75) is 12.8 Å². The first-order valence-corrected chi connectivity index (χ1v) is 10.00. The smallest absolute Gasteiger partial charge is 0.233 e. The highest BCUT2D eigenvalue weighted by molar-refractivity contribution is 6.35. The first kappa shape index (κ1) is 17.3. The summed E-state index contributed by atoms with van der Waals surface area (Å²) in [5.74, 6) is 0.585. The van der Waals surface area contributed by atoms with E-state index in [2.05, 4.69) is 17.5 Å². The molecule has 7 heteroatoms. The van der Waals surface area contributed by atoms with E-state index in [4.69, 9.17) is 23.2 Å². The lowest BCUT2D eigenvalue weighted by molar-refractivity contribution is -0.140. The Hall–Kier alpha value is -1.85. The van der Waals surface area contributed by atoms with Gasteiger partial charge < -0.3 is 5.32 Å². The SMILES string of the molecule is O=C(CCN1C(=O)[C@H]2[C@@H]3C=C[C@@H]([C@H]4C[C@H]34)[C@@H]2C1=O)Nc1cc(Cl)ccc1Cl. The van der Waals surface area contributed by atoms with Crippen LogP contribution in [-0.4, -0.2) is 29.2 Å². The molecule has 3 fully saturated rings. The Labute approximate surface area is 166 Å². The lowest BCUT2D eigenvalue weighted by atomic mass is 9.63. The zero-order chi connectivity index (χ0) is 18.9. The standard InChI is InChI=1S/C20H18Cl2N2O3/c21-9-1-4-14(22)15(7-9)23-16(25)5-6-24-19(26)17-10-2-3-11(13-8-12(10)13)18(17)20(24)27/h1-4,7,10-13,17-18H,5-6,8H2,(H,23,25)/t10-,11+,12-,13-,17+,18+/m1/s1. The van der Waals surface area contributed by atoms with Gasteiger partial charge in [0.05, 0.1) is 22.5 Å². The van der Waals surface area contributed by atoms with Crippen LogP contribution >= 0.6 is 23.2 Å². The molecule has 5 nitrogen and oxygen atoms in total. The van der Waals surface area contributed by atoms with Gasteiger partial charge in [-0.25, -0.2) is 0 Å². The number of carbonyl (C=O) groups is 3. The van der Waals surface area contributed by atoms with Gasteiger partial charge in [0.1, 0.15) is 0 Å². The van der Waals surface area contributed by atoms with Crippen molar-refractivity contribution < 1.29 is 14.4 Å². The number of amides is 3. The molecule has 4 aliphatic carbocycles. The predicted molar refractivity (Wildman–Crippen MR) is 101 cm³/mol. The number of benzene rings is 1. The van der Waals surface area contributed by atoms with E-state index in [9.17, 15) is 14.4 Å². The molecule has 2 bridgehead atoms. The molecule has 0 aromatic heterocycles. The van der Waals surface area contributed by atoms with Crippen molar-refractivity contribution >= 4 is 46.6 Å². The highest BCUT2D eigenvalue weighted by atomic mass is 35.5. The van der Waals surface area contributed by atoms with E-state index in [0.29, 0.717) is 27.6 Å². The number of nitrogens with one attached hydrogen (secondary N) is 1. The Morgan fingerprint density at radius 3 is 2.33 bits per heavy atom. The molecule has 0 radical (unpaired) electrons. The third kappa shape index (κ3) is 2.63. The average Bonchev–Trinajstić information content (AvgIpc) is 3.42. The summed E-state index contributed by atoms with van der Waals surface area (Å²) in [4.78, 5) is 39.3. The summed E-state index contributed by atoms with van der Waals surface area (Å²) < 4.78 is 0. The van der Waals surface area contributed by atoms with Crippen molar-refractivity contribution in [1.82, 2.24) is 4.90 Å². The fourth-order valence-corrected chi connectivity index (χ4v) is 5.60. The molecule has 1 aliphatic heterocycles. The van der Waals surface area contributed by atoms with Gasteiger partial charge in [-0.2, -0.15) is 0 Å². The second-order valence-corrected chi connectivity index (χ2v) is 8.75. The molecule has 6 atom stereocenters. The minimum absolute atomic E-state index is 0.0371. The van der Waals surface area contributed by atoms with Crippen LogP contribution in [-0.2, 0) is 14.4 Å². The van der Waals surface area contributed by atoms with Crippen molar-refractivity contribution in [3.8, 4) is 0 Å². The quantitative estimate of drug-likeness (QED) is 0.617. The van der Waals surface area contributed by atoms with Crippen molar-refractivity contribution in [1.29, 1.82) is 0 Å². The molecule has 0 spiro atoms. The number of imide groups is 1.